The molecule has 1 atom stereocenters. The van der Waals surface area contributed by atoms with E-state index in [1.807, 2.05) is 49.9 Å². The molecule has 2 heterocycles. The molecule has 0 aliphatic carbocycles. The third-order valence-corrected chi connectivity index (χ3v) is 4.64. The molecular weight excluding hydrogens is 340 g/mol. The Morgan fingerprint density at radius 3 is 2.58 bits per heavy atom. The van der Waals surface area contributed by atoms with E-state index in [1.165, 1.54) is 0 Å². The van der Waals surface area contributed by atoms with E-state index in [0.717, 1.165) is 11.4 Å². The number of nitrogens with one attached hydrogen (secondary N) is 1. The number of hydrogen-bond donors (Lipinski definition) is 1. The summed E-state index contributed by atoms with van der Waals surface area (Å²) in [6.07, 6.45) is -0.598. The highest BCUT2D eigenvalue weighted by molar-refractivity contribution is 5.93. The SMILES string of the molecule is CC(C)(C)OC(=O)N1CC(CN2CCC(F)(F)CC2)Nc2ccccc21. The molecule has 1 amide bonds. The van der Waals surface area contributed by atoms with E-state index in [9.17, 15) is 13.6 Å². The van der Waals surface area contributed by atoms with Crippen molar-refractivity contribution < 1.29 is 18.3 Å². The number of ether oxygens (including phenoxy) is 1. The Bertz CT molecular complexity index is 650. The van der Waals surface area contributed by atoms with E-state index >= 15 is 0 Å². The molecule has 5 nitrogen and oxygen atoms in total. The molecule has 2 aliphatic rings. The first-order chi connectivity index (χ1) is 12.1. The summed E-state index contributed by atoms with van der Waals surface area (Å²) in [6.45, 7) is 7.32. The van der Waals surface area contributed by atoms with Crippen LogP contribution in [0.25, 0.3) is 0 Å². The van der Waals surface area contributed by atoms with Gasteiger partial charge in [-0.2, -0.15) is 0 Å². The Hall–Kier alpha value is -1.89. The van der Waals surface area contributed by atoms with E-state index < -0.39 is 11.5 Å². The molecule has 144 valence electrons. The lowest BCUT2D eigenvalue weighted by Gasteiger charge is -2.40. The molecule has 2 aliphatic heterocycles. The standard InChI is InChI=1S/C19H27F2N3O2/c1-18(2,3)26-17(25)24-13-14(22-15-6-4-5-7-16(15)24)12-23-10-8-19(20,21)9-11-23/h4-7,14,22H,8-13H2,1-3H3. The van der Waals surface area contributed by atoms with Crippen molar-refractivity contribution in [2.45, 2.75) is 51.2 Å². The van der Waals surface area contributed by atoms with Crippen molar-refractivity contribution in [2.75, 3.05) is 36.4 Å². The number of hydrogen-bond acceptors (Lipinski definition) is 4. The van der Waals surface area contributed by atoms with Gasteiger partial charge in [0.25, 0.3) is 5.92 Å². The number of para-hydroxylation sites is 2. The van der Waals surface area contributed by atoms with Crippen LogP contribution in [0.15, 0.2) is 24.3 Å². The van der Waals surface area contributed by atoms with Crippen LogP contribution in [0.4, 0.5) is 25.0 Å². The number of piperidine rings is 1. The maximum atomic E-state index is 13.4. The minimum atomic E-state index is -2.55. The van der Waals surface area contributed by atoms with E-state index in [2.05, 4.69) is 5.32 Å². The molecule has 0 bridgehead atoms. The van der Waals surface area contributed by atoms with E-state index in [1.54, 1.807) is 4.90 Å². The summed E-state index contributed by atoms with van der Waals surface area (Å²) in [5, 5.41) is 3.43. The number of benzene rings is 1. The van der Waals surface area contributed by atoms with Gasteiger partial charge >= 0.3 is 6.09 Å². The summed E-state index contributed by atoms with van der Waals surface area (Å²) in [5.41, 5.74) is 1.06. The normalized spacial score (nSPS) is 23.1. The first-order valence-electron chi connectivity index (χ1n) is 9.09. The number of alkyl halides is 2. The van der Waals surface area contributed by atoms with Crippen LogP contribution in [0.2, 0.25) is 0 Å². The summed E-state index contributed by atoms with van der Waals surface area (Å²) in [4.78, 5) is 16.3. The van der Waals surface area contributed by atoms with Crippen molar-refractivity contribution in [3.8, 4) is 0 Å². The lowest BCUT2D eigenvalue weighted by molar-refractivity contribution is -0.0554. The summed E-state index contributed by atoms with van der Waals surface area (Å²) < 4.78 is 32.3. The van der Waals surface area contributed by atoms with Gasteiger partial charge in [0.2, 0.25) is 0 Å². The number of carbonyl (C=O) groups excluding carboxylic acids is 1. The average molecular weight is 367 g/mol. The average Bonchev–Trinajstić information content (AvgIpc) is 2.54. The van der Waals surface area contributed by atoms with Crippen molar-refractivity contribution in [2.24, 2.45) is 0 Å². The van der Waals surface area contributed by atoms with E-state index in [4.69, 9.17) is 4.74 Å². The third-order valence-electron chi connectivity index (χ3n) is 4.64. The molecule has 1 N–H and O–H groups in total. The lowest BCUT2D eigenvalue weighted by atomic mass is 10.0. The van der Waals surface area contributed by atoms with Gasteiger partial charge in [-0.3, -0.25) is 4.90 Å². The fourth-order valence-electron chi connectivity index (χ4n) is 3.38. The highest BCUT2D eigenvalue weighted by atomic mass is 19.3. The predicted octanol–water partition coefficient (Wildman–Crippen LogP) is 3.95. The monoisotopic (exact) mass is 367 g/mol. The van der Waals surface area contributed by atoms with Crippen molar-refractivity contribution >= 4 is 17.5 Å². The summed E-state index contributed by atoms with van der Waals surface area (Å²) >= 11 is 0. The smallest absolute Gasteiger partial charge is 0.414 e. The van der Waals surface area contributed by atoms with Gasteiger partial charge in [0, 0.05) is 32.5 Å². The molecule has 1 saturated heterocycles. The van der Waals surface area contributed by atoms with Crippen molar-refractivity contribution in [1.82, 2.24) is 4.90 Å². The molecule has 26 heavy (non-hydrogen) atoms. The Balaban J connectivity index is 1.71. The Morgan fingerprint density at radius 2 is 1.92 bits per heavy atom. The van der Waals surface area contributed by atoms with Gasteiger partial charge in [-0.25, -0.2) is 13.6 Å². The molecular formula is C19H27F2N3O2. The molecule has 0 saturated carbocycles. The molecule has 0 aromatic heterocycles. The van der Waals surface area contributed by atoms with Crippen LogP contribution in [0.3, 0.4) is 0 Å². The number of rotatable bonds is 2. The van der Waals surface area contributed by atoms with Gasteiger partial charge < -0.3 is 15.0 Å². The molecule has 0 radical (unpaired) electrons. The second kappa shape index (κ2) is 7.02. The van der Waals surface area contributed by atoms with Crippen LogP contribution >= 0.6 is 0 Å². The Kier molecular flexibility index (Phi) is 5.10. The zero-order valence-corrected chi connectivity index (χ0v) is 15.6. The number of fused-ring (bicyclic) bond motifs is 1. The highest BCUT2D eigenvalue weighted by Crippen LogP contribution is 2.33. The zero-order valence-electron chi connectivity index (χ0n) is 15.6. The van der Waals surface area contributed by atoms with Crippen LogP contribution in [-0.4, -0.2) is 54.7 Å². The van der Waals surface area contributed by atoms with Crippen LogP contribution in [0.1, 0.15) is 33.6 Å². The first-order valence-corrected chi connectivity index (χ1v) is 9.09. The Morgan fingerprint density at radius 1 is 1.27 bits per heavy atom. The predicted molar refractivity (Wildman–Crippen MR) is 98.1 cm³/mol. The van der Waals surface area contributed by atoms with E-state index in [-0.39, 0.29) is 25.0 Å². The number of anilines is 2. The molecule has 1 aromatic rings. The first kappa shape index (κ1) is 18.9. The van der Waals surface area contributed by atoms with E-state index in [0.29, 0.717) is 26.2 Å². The van der Waals surface area contributed by atoms with Gasteiger partial charge in [-0.1, -0.05) is 12.1 Å². The van der Waals surface area contributed by atoms with Crippen molar-refractivity contribution in [1.29, 1.82) is 0 Å². The third kappa shape index (κ3) is 4.63. The number of amides is 1. The van der Waals surface area contributed by atoms with Crippen LogP contribution in [0.5, 0.6) is 0 Å². The van der Waals surface area contributed by atoms with Gasteiger partial charge in [0.05, 0.1) is 24.0 Å². The van der Waals surface area contributed by atoms with Crippen LogP contribution in [-0.2, 0) is 4.74 Å². The fraction of sp³-hybridized carbons (Fsp3) is 0.632. The minimum absolute atomic E-state index is 0.0378. The topological polar surface area (TPSA) is 44.8 Å². The molecule has 1 aromatic carbocycles. The molecule has 7 heteroatoms. The van der Waals surface area contributed by atoms with Gasteiger partial charge in [0.1, 0.15) is 5.60 Å². The summed E-state index contributed by atoms with van der Waals surface area (Å²) in [7, 11) is 0. The second-order valence-corrected chi connectivity index (χ2v) is 8.11. The molecule has 1 unspecified atom stereocenters. The van der Waals surface area contributed by atoms with Crippen LogP contribution in [0, 0.1) is 0 Å². The largest absolute Gasteiger partial charge is 0.443 e. The summed E-state index contributed by atoms with van der Waals surface area (Å²) in [5.74, 6) is -2.55. The highest BCUT2D eigenvalue weighted by Gasteiger charge is 2.36. The van der Waals surface area contributed by atoms with Crippen molar-refractivity contribution in [3.05, 3.63) is 24.3 Å². The number of carbonyl (C=O) groups is 1. The quantitative estimate of drug-likeness (QED) is 0.860. The molecule has 1 fully saturated rings. The van der Waals surface area contributed by atoms with Gasteiger partial charge in [-0.15, -0.1) is 0 Å². The second-order valence-electron chi connectivity index (χ2n) is 8.11. The number of likely N-dealkylation sites (tertiary alicyclic amines) is 1. The molecule has 0 spiro atoms. The number of halogens is 2. The van der Waals surface area contributed by atoms with Crippen LogP contribution < -0.4 is 10.2 Å². The zero-order chi connectivity index (χ0) is 18.9. The number of nitrogens with zero attached hydrogens (tertiary/aromatic N) is 2. The van der Waals surface area contributed by atoms with Gasteiger partial charge in [0.15, 0.2) is 0 Å². The molecule has 3 rings (SSSR count). The Labute approximate surface area is 153 Å². The minimum Gasteiger partial charge on any atom is -0.443 e. The van der Waals surface area contributed by atoms with Crippen molar-refractivity contribution in [3.63, 3.8) is 0 Å². The maximum absolute atomic E-state index is 13.4. The summed E-state index contributed by atoms with van der Waals surface area (Å²) in [6, 6.07) is 7.55. The lowest BCUT2D eigenvalue weighted by Crippen LogP contribution is -2.52. The van der Waals surface area contributed by atoms with Gasteiger partial charge in [-0.05, 0) is 32.9 Å². The maximum Gasteiger partial charge on any atom is 0.414 e. The fourth-order valence-corrected chi connectivity index (χ4v) is 3.38.